The van der Waals surface area contributed by atoms with Gasteiger partial charge in [-0.3, -0.25) is 0 Å². The number of nitrogens with zero attached hydrogens (tertiary/aromatic N) is 1. The first-order valence-electron chi connectivity index (χ1n) is 6.07. The van der Waals surface area contributed by atoms with E-state index < -0.39 is 0 Å². The molecule has 92 valence electrons. The van der Waals surface area contributed by atoms with Crippen molar-refractivity contribution in [2.45, 2.75) is 39.3 Å². The van der Waals surface area contributed by atoms with Gasteiger partial charge >= 0.3 is 0 Å². The van der Waals surface area contributed by atoms with Crippen LogP contribution >= 0.6 is 11.3 Å². The number of nitrogens with one attached hydrogen (secondary N) is 1. The molecule has 1 aromatic heterocycles. The monoisotopic (exact) mass is 240 g/mol. The maximum absolute atomic E-state index is 3.56. The van der Waals surface area contributed by atoms with Gasteiger partial charge in [0.2, 0.25) is 0 Å². The third-order valence-corrected chi connectivity index (χ3v) is 3.76. The Morgan fingerprint density at radius 3 is 2.69 bits per heavy atom. The minimum atomic E-state index is 0.482. The zero-order valence-electron chi connectivity index (χ0n) is 10.9. The molecule has 0 aliphatic rings. The summed E-state index contributed by atoms with van der Waals surface area (Å²) in [6.07, 6.45) is 1.21. The van der Waals surface area contributed by atoms with Gasteiger partial charge in [-0.05, 0) is 69.7 Å². The molecule has 1 rings (SSSR count). The van der Waals surface area contributed by atoms with Crippen molar-refractivity contribution in [3.8, 4) is 0 Å². The fourth-order valence-corrected chi connectivity index (χ4v) is 2.30. The van der Waals surface area contributed by atoms with Gasteiger partial charge in [-0.25, -0.2) is 0 Å². The summed E-state index contributed by atoms with van der Waals surface area (Å²) in [6, 6.07) is 3.33. The van der Waals surface area contributed by atoms with E-state index in [2.05, 4.69) is 54.9 Å². The molecule has 1 unspecified atom stereocenters. The molecule has 2 nitrogen and oxygen atoms in total. The van der Waals surface area contributed by atoms with Crippen LogP contribution in [0.5, 0.6) is 0 Å². The van der Waals surface area contributed by atoms with Gasteiger partial charge in [-0.1, -0.05) is 0 Å². The van der Waals surface area contributed by atoms with Crippen LogP contribution in [0.3, 0.4) is 0 Å². The van der Waals surface area contributed by atoms with E-state index >= 15 is 0 Å². The van der Waals surface area contributed by atoms with Gasteiger partial charge < -0.3 is 10.2 Å². The third-order valence-electron chi connectivity index (χ3n) is 3.06. The summed E-state index contributed by atoms with van der Waals surface area (Å²) >= 11 is 1.77. The molecule has 1 heterocycles. The van der Waals surface area contributed by atoms with E-state index in [9.17, 15) is 0 Å². The van der Waals surface area contributed by atoms with E-state index in [1.165, 1.54) is 18.5 Å². The Morgan fingerprint density at radius 1 is 1.38 bits per heavy atom. The summed E-state index contributed by atoms with van der Waals surface area (Å²) in [7, 11) is 2.19. The van der Waals surface area contributed by atoms with Gasteiger partial charge in [0.1, 0.15) is 0 Å². The van der Waals surface area contributed by atoms with E-state index in [-0.39, 0.29) is 0 Å². The standard InChI is InChI=1S/C13H24N2S/c1-11(2)15(4)8-5-7-14-12(3)13-6-9-16-10-13/h6,9-12,14H,5,7-8H2,1-4H3. The minimum Gasteiger partial charge on any atom is -0.310 e. The summed E-state index contributed by atoms with van der Waals surface area (Å²) in [6.45, 7) is 8.96. The van der Waals surface area contributed by atoms with Crippen LogP contribution in [-0.4, -0.2) is 31.1 Å². The Kier molecular flexibility index (Phi) is 6.03. The van der Waals surface area contributed by atoms with Gasteiger partial charge in [0.15, 0.2) is 0 Å². The van der Waals surface area contributed by atoms with Crippen LogP contribution in [-0.2, 0) is 0 Å². The predicted molar refractivity (Wildman–Crippen MR) is 73.1 cm³/mol. The van der Waals surface area contributed by atoms with Crippen LogP contribution in [0, 0.1) is 0 Å². The van der Waals surface area contributed by atoms with Crippen LogP contribution in [0.25, 0.3) is 0 Å². The van der Waals surface area contributed by atoms with Crippen LogP contribution in [0.15, 0.2) is 16.8 Å². The zero-order chi connectivity index (χ0) is 12.0. The van der Waals surface area contributed by atoms with Crippen molar-refractivity contribution in [3.63, 3.8) is 0 Å². The number of rotatable bonds is 7. The van der Waals surface area contributed by atoms with Gasteiger partial charge in [0.05, 0.1) is 0 Å². The molecule has 1 N–H and O–H groups in total. The quantitative estimate of drug-likeness (QED) is 0.737. The Bertz CT molecular complexity index is 269. The lowest BCUT2D eigenvalue weighted by Gasteiger charge is -2.21. The third kappa shape index (κ3) is 4.64. The topological polar surface area (TPSA) is 15.3 Å². The maximum Gasteiger partial charge on any atom is 0.0300 e. The molecule has 16 heavy (non-hydrogen) atoms. The van der Waals surface area contributed by atoms with Crippen molar-refractivity contribution in [1.82, 2.24) is 10.2 Å². The van der Waals surface area contributed by atoms with Gasteiger partial charge in [0, 0.05) is 12.1 Å². The largest absolute Gasteiger partial charge is 0.310 e. The Balaban J connectivity index is 2.12. The average Bonchev–Trinajstić information content (AvgIpc) is 2.76. The van der Waals surface area contributed by atoms with Crippen LogP contribution in [0.1, 0.15) is 38.8 Å². The number of hydrogen-bond donors (Lipinski definition) is 1. The average molecular weight is 240 g/mol. The molecule has 0 radical (unpaired) electrons. The fraction of sp³-hybridized carbons (Fsp3) is 0.692. The molecule has 0 amide bonds. The summed E-state index contributed by atoms with van der Waals surface area (Å²) in [5.41, 5.74) is 1.40. The lowest BCUT2D eigenvalue weighted by Crippen LogP contribution is -2.30. The first-order chi connectivity index (χ1) is 7.61. The molecular weight excluding hydrogens is 216 g/mol. The molecular formula is C13H24N2S. The van der Waals surface area contributed by atoms with Crippen molar-refractivity contribution in [2.24, 2.45) is 0 Å². The molecule has 3 heteroatoms. The maximum atomic E-state index is 3.56. The van der Waals surface area contributed by atoms with Crippen molar-refractivity contribution < 1.29 is 0 Å². The molecule has 0 aromatic carbocycles. The van der Waals surface area contributed by atoms with Gasteiger partial charge in [-0.15, -0.1) is 0 Å². The van der Waals surface area contributed by atoms with Crippen molar-refractivity contribution in [3.05, 3.63) is 22.4 Å². The minimum absolute atomic E-state index is 0.482. The zero-order valence-corrected chi connectivity index (χ0v) is 11.7. The SMILES string of the molecule is CC(NCCCN(C)C(C)C)c1ccsc1. The first kappa shape index (κ1) is 13.7. The highest BCUT2D eigenvalue weighted by atomic mass is 32.1. The Morgan fingerprint density at radius 2 is 2.12 bits per heavy atom. The highest BCUT2D eigenvalue weighted by Crippen LogP contribution is 2.15. The normalized spacial score (nSPS) is 13.6. The molecule has 1 aromatic rings. The van der Waals surface area contributed by atoms with E-state index in [1.54, 1.807) is 11.3 Å². The van der Waals surface area contributed by atoms with Crippen LogP contribution in [0.2, 0.25) is 0 Å². The summed E-state index contributed by atoms with van der Waals surface area (Å²) in [4.78, 5) is 2.39. The molecule has 0 aliphatic carbocycles. The lowest BCUT2D eigenvalue weighted by atomic mass is 10.2. The summed E-state index contributed by atoms with van der Waals surface area (Å²) in [5.74, 6) is 0. The molecule has 0 saturated carbocycles. The molecule has 1 atom stereocenters. The van der Waals surface area contributed by atoms with Crippen LogP contribution in [0.4, 0.5) is 0 Å². The van der Waals surface area contributed by atoms with E-state index in [4.69, 9.17) is 0 Å². The highest BCUT2D eigenvalue weighted by Gasteiger charge is 2.05. The van der Waals surface area contributed by atoms with E-state index in [1.807, 2.05) is 0 Å². The smallest absolute Gasteiger partial charge is 0.0300 e. The van der Waals surface area contributed by atoms with Gasteiger partial charge in [0.25, 0.3) is 0 Å². The lowest BCUT2D eigenvalue weighted by molar-refractivity contribution is 0.268. The molecule has 0 aliphatic heterocycles. The second-order valence-electron chi connectivity index (χ2n) is 4.66. The van der Waals surface area contributed by atoms with Crippen molar-refractivity contribution in [1.29, 1.82) is 0 Å². The second-order valence-corrected chi connectivity index (χ2v) is 5.44. The Hall–Kier alpha value is -0.380. The van der Waals surface area contributed by atoms with Gasteiger partial charge in [-0.2, -0.15) is 11.3 Å². The number of thiophene rings is 1. The summed E-state index contributed by atoms with van der Waals surface area (Å²) in [5, 5.41) is 7.92. The first-order valence-corrected chi connectivity index (χ1v) is 7.01. The Labute approximate surface area is 104 Å². The molecule has 0 spiro atoms. The highest BCUT2D eigenvalue weighted by molar-refractivity contribution is 7.07. The molecule has 0 saturated heterocycles. The van der Waals surface area contributed by atoms with E-state index in [0.717, 1.165) is 6.54 Å². The van der Waals surface area contributed by atoms with E-state index in [0.29, 0.717) is 12.1 Å². The van der Waals surface area contributed by atoms with Crippen LogP contribution < -0.4 is 5.32 Å². The molecule has 0 fully saturated rings. The fourth-order valence-electron chi connectivity index (χ4n) is 1.54. The van der Waals surface area contributed by atoms with Crippen molar-refractivity contribution >= 4 is 11.3 Å². The summed E-state index contributed by atoms with van der Waals surface area (Å²) < 4.78 is 0. The number of hydrogen-bond acceptors (Lipinski definition) is 3. The second kappa shape index (κ2) is 7.05. The van der Waals surface area contributed by atoms with Crippen molar-refractivity contribution in [2.75, 3.05) is 20.1 Å². The molecule has 0 bridgehead atoms. The predicted octanol–water partition coefficient (Wildman–Crippen LogP) is 3.13.